The molecule has 2 rings (SSSR count). The Bertz CT molecular complexity index is 568. The van der Waals surface area contributed by atoms with E-state index in [0.29, 0.717) is 12.2 Å². The predicted octanol–water partition coefficient (Wildman–Crippen LogP) is 2.98. The van der Waals surface area contributed by atoms with Crippen LogP contribution in [-0.2, 0) is 6.61 Å². The smallest absolute Gasteiger partial charge is 0.248 e. The Morgan fingerprint density at radius 3 is 2.16 bits per heavy atom. The zero-order valence-corrected chi connectivity index (χ0v) is 11.1. The fraction of sp³-hybridized carbons (Fsp3) is 0.188. The largest absolute Gasteiger partial charge is 0.489 e. The van der Waals surface area contributed by atoms with Crippen LogP contribution in [-0.4, -0.2) is 5.91 Å². The highest BCUT2D eigenvalue weighted by Crippen LogP contribution is 2.15. The van der Waals surface area contributed by atoms with Crippen LogP contribution in [0.2, 0.25) is 0 Å². The third-order valence-electron chi connectivity index (χ3n) is 2.83. The van der Waals surface area contributed by atoms with Crippen molar-refractivity contribution in [1.82, 2.24) is 0 Å². The van der Waals surface area contributed by atoms with E-state index in [4.69, 9.17) is 10.5 Å². The Labute approximate surface area is 113 Å². The fourth-order valence-corrected chi connectivity index (χ4v) is 2.03. The lowest BCUT2D eigenvalue weighted by Gasteiger charge is -2.08. The van der Waals surface area contributed by atoms with Gasteiger partial charge in [0.15, 0.2) is 0 Å². The number of primary amides is 1. The first-order valence-corrected chi connectivity index (χ1v) is 6.14. The number of rotatable bonds is 4. The van der Waals surface area contributed by atoms with Gasteiger partial charge in [0.25, 0.3) is 0 Å². The fourth-order valence-electron chi connectivity index (χ4n) is 2.03. The van der Waals surface area contributed by atoms with E-state index < -0.39 is 5.91 Å². The number of amides is 1. The molecule has 2 aromatic carbocycles. The topological polar surface area (TPSA) is 52.3 Å². The van der Waals surface area contributed by atoms with Gasteiger partial charge in [-0.2, -0.15) is 0 Å². The molecule has 0 atom stereocenters. The van der Waals surface area contributed by atoms with Gasteiger partial charge in [0, 0.05) is 5.56 Å². The van der Waals surface area contributed by atoms with Gasteiger partial charge in [0.1, 0.15) is 12.4 Å². The number of carbonyl (C=O) groups is 1. The monoisotopic (exact) mass is 255 g/mol. The molecule has 2 aromatic rings. The molecule has 0 fully saturated rings. The van der Waals surface area contributed by atoms with E-state index in [2.05, 4.69) is 32.0 Å². The summed E-state index contributed by atoms with van der Waals surface area (Å²) in [7, 11) is 0. The SMILES string of the molecule is Cc1cc(C)cc(COc2ccc(C(N)=O)cc2)c1. The van der Waals surface area contributed by atoms with Crippen molar-refractivity contribution in [1.29, 1.82) is 0 Å². The molecule has 0 aliphatic rings. The molecule has 0 saturated carbocycles. The maximum Gasteiger partial charge on any atom is 0.248 e. The van der Waals surface area contributed by atoms with E-state index in [1.165, 1.54) is 11.1 Å². The van der Waals surface area contributed by atoms with E-state index in [1.54, 1.807) is 24.3 Å². The van der Waals surface area contributed by atoms with Crippen LogP contribution >= 0.6 is 0 Å². The highest BCUT2D eigenvalue weighted by molar-refractivity contribution is 5.92. The van der Waals surface area contributed by atoms with E-state index in [-0.39, 0.29) is 0 Å². The Morgan fingerprint density at radius 1 is 1.05 bits per heavy atom. The standard InChI is InChI=1S/C16H17NO2/c1-11-7-12(2)9-13(8-11)10-19-15-5-3-14(4-6-15)16(17)18/h3-9H,10H2,1-2H3,(H2,17,18). The van der Waals surface area contributed by atoms with Crippen molar-refractivity contribution in [3.8, 4) is 5.75 Å². The van der Waals surface area contributed by atoms with Gasteiger partial charge in [-0.05, 0) is 43.7 Å². The van der Waals surface area contributed by atoms with E-state index in [1.807, 2.05) is 0 Å². The lowest BCUT2D eigenvalue weighted by Crippen LogP contribution is -2.10. The molecule has 3 nitrogen and oxygen atoms in total. The van der Waals surface area contributed by atoms with Gasteiger partial charge < -0.3 is 10.5 Å². The molecular weight excluding hydrogens is 238 g/mol. The molecule has 0 aromatic heterocycles. The third-order valence-corrected chi connectivity index (χ3v) is 2.83. The first-order valence-electron chi connectivity index (χ1n) is 6.14. The Kier molecular flexibility index (Phi) is 3.85. The number of aryl methyl sites for hydroxylation is 2. The molecule has 0 heterocycles. The molecule has 1 amide bonds. The highest BCUT2D eigenvalue weighted by Gasteiger charge is 2.01. The quantitative estimate of drug-likeness (QED) is 0.913. The molecule has 0 radical (unpaired) electrons. The number of carbonyl (C=O) groups excluding carboxylic acids is 1. The van der Waals surface area contributed by atoms with Crippen LogP contribution in [0.25, 0.3) is 0 Å². The van der Waals surface area contributed by atoms with Crippen molar-refractivity contribution in [2.75, 3.05) is 0 Å². The van der Waals surface area contributed by atoms with E-state index in [9.17, 15) is 4.79 Å². The second kappa shape index (κ2) is 5.57. The third kappa shape index (κ3) is 3.58. The second-order valence-electron chi connectivity index (χ2n) is 4.67. The summed E-state index contributed by atoms with van der Waals surface area (Å²) >= 11 is 0. The van der Waals surface area contributed by atoms with Crippen LogP contribution in [0, 0.1) is 13.8 Å². The van der Waals surface area contributed by atoms with Crippen molar-refractivity contribution in [3.05, 3.63) is 64.7 Å². The normalized spacial score (nSPS) is 10.2. The average Bonchev–Trinajstić information content (AvgIpc) is 2.36. The summed E-state index contributed by atoms with van der Waals surface area (Å²) in [5.41, 5.74) is 9.25. The molecule has 0 unspecified atom stereocenters. The van der Waals surface area contributed by atoms with Gasteiger partial charge in [-0.3, -0.25) is 4.79 Å². The van der Waals surface area contributed by atoms with Crippen LogP contribution in [0.1, 0.15) is 27.0 Å². The minimum atomic E-state index is -0.430. The first kappa shape index (κ1) is 13.1. The van der Waals surface area contributed by atoms with Crippen molar-refractivity contribution in [2.24, 2.45) is 5.73 Å². The summed E-state index contributed by atoms with van der Waals surface area (Å²) in [5.74, 6) is 0.296. The van der Waals surface area contributed by atoms with Crippen LogP contribution in [0.5, 0.6) is 5.75 Å². The van der Waals surface area contributed by atoms with Gasteiger partial charge >= 0.3 is 0 Å². The molecule has 0 spiro atoms. The summed E-state index contributed by atoms with van der Waals surface area (Å²) in [6.45, 7) is 4.65. The molecule has 0 aliphatic carbocycles. The van der Waals surface area contributed by atoms with Crippen molar-refractivity contribution >= 4 is 5.91 Å². The summed E-state index contributed by atoms with van der Waals surface area (Å²) < 4.78 is 5.68. The summed E-state index contributed by atoms with van der Waals surface area (Å²) in [6.07, 6.45) is 0. The van der Waals surface area contributed by atoms with E-state index in [0.717, 1.165) is 11.3 Å². The molecule has 3 heteroatoms. The van der Waals surface area contributed by atoms with Gasteiger partial charge in [0.2, 0.25) is 5.91 Å². The number of nitrogens with two attached hydrogens (primary N) is 1. The van der Waals surface area contributed by atoms with Gasteiger partial charge in [-0.1, -0.05) is 29.3 Å². The molecule has 2 N–H and O–H groups in total. The Hall–Kier alpha value is -2.29. The predicted molar refractivity (Wildman–Crippen MR) is 75.2 cm³/mol. The van der Waals surface area contributed by atoms with Crippen molar-refractivity contribution in [2.45, 2.75) is 20.5 Å². The Morgan fingerprint density at radius 2 is 1.63 bits per heavy atom. The first-order chi connectivity index (χ1) is 9.04. The van der Waals surface area contributed by atoms with Crippen molar-refractivity contribution in [3.63, 3.8) is 0 Å². The van der Waals surface area contributed by atoms with Crippen LogP contribution in [0.4, 0.5) is 0 Å². The van der Waals surface area contributed by atoms with Gasteiger partial charge in [0.05, 0.1) is 0 Å². The molecule has 98 valence electrons. The molecule has 0 bridgehead atoms. The zero-order chi connectivity index (χ0) is 13.8. The zero-order valence-electron chi connectivity index (χ0n) is 11.1. The summed E-state index contributed by atoms with van der Waals surface area (Å²) in [6, 6.07) is 13.2. The Balaban J connectivity index is 2.03. The average molecular weight is 255 g/mol. The van der Waals surface area contributed by atoms with E-state index >= 15 is 0 Å². The molecule has 0 aliphatic heterocycles. The maximum atomic E-state index is 10.9. The number of hydrogen-bond donors (Lipinski definition) is 1. The minimum absolute atomic E-state index is 0.430. The van der Waals surface area contributed by atoms with Crippen LogP contribution in [0.15, 0.2) is 42.5 Å². The van der Waals surface area contributed by atoms with Crippen molar-refractivity contribution < 1.29 is 9.53 Å². The highest BCUT2D eigenvalue weighted by atomic mass is 16.5. The number of benzene rings is 2. The second-order valence-corrected chi connectivity index (χ2v) is 4.67. The molecule has 0 saturated heterocycles. The van der Waals surface area contributed by atoms with Crippen LogP contribution in [0.3, 0.4) is 0 Å². The lowest BCUT2D eigenvalue weighted by molar-refractivity contribution is 0.100. The minimum Gasteiger partial charge on any atom is -0.489 e. The number of hydrogen-bond acceptors (Lipinski definition) is 2. The number of ether oxygens (including phenoxy) is 1. The molecular formula is C16H17NO2. The van der Waals surface area contributed by atoms with Gasteiger partial charge in [-0.15, -0.1) is 0 Å². The molecule has 19 heavy (non-hydrogen) atoms. The van der Waals surface area contributed by atoms with Crippen LogP contribution < -0.4 is 10.5 Å². The summed E-state index contributed by atoms with van der Waals surface area (Å²) in [4.78, 5) is 10.9. The van der Waals surface area contributed by atoms with Gasteiger partial charge in [-0.25, -0.2) is 0 Å². The summed E-state index contributed by atoms with van der Waals surface area (Å²) in [5, 5.41) is 0. The lowest BCUT2D eigenvalue weighted by atomic mass is 10.1. The maximum absolute atomic E-state index is 10.9.